The largest absolute Gasteiger partial charge is 0.476 e. The molecule has 0 aliphatic heterocycles. The maximum atomic E-state index is 10.9. The number of imidazole rings is 1. The van der Waals surface area contributed by atoms with Crippen LogP contribution in [-0.2, 0) is 6.54 Å². The van der Waals surface area contributed by atoms with Crippen LogP contribution in [0.4, 0.5) is 0 Å². The lowest BCUT2D eigenvalue weighted by Crippen LogP contribution is -2.07. The lowest BCUT2D eigenvalue weighted by Gasteiger charge is -2.03. The first kappa shape index (κ1) is 13.2. The summed E-state index contributed by atoms with van der Waals surface area (Å²) in [6.45, 7) is 3.95. The molecule has 6 nitrogen and oxygen atoms in total. The standard InChI is InChI=1S/C10H11N3O3.ClH/c1-6-8(9(10(14)15)12-16-6)5-13-4-3-11-7(13)2;/h3-4H,5H2,1-2H3,(H,14,15);1H. The zero-order valence-electron chi connectivity index (χ0n) is 9.38. The minimum Gasteiger partial charge on any atom is -0.476 e. The molecule has 0 unspecified atom stereocenters. The number of nitrogens with zero attached hydrogens (tertiary/aromatic N) is 3. The highest BCUT2D eigenvalue weighted by atomic mass is 35.5. The van der Waals surface area contributed by atoms with Crippen molar-refractivity contribution in [1.82, 2.24) is 14.7 Å². The number of halogens is 1. The molecule has 2 heterocycles. The number of hydrogen-bond acceptors (Lipinski definition) is 4. The molecule has 0 saturated heterocycles. The van der Waals surface area contributed by atoms with Gasteiger partial charge in [-0.1, -0.05) is 5.16 Å². The summed E-state index contributed by atoms with van der Waals surface area (Å²) < 4.78 is 6.72. The molecule has 2 rings (SSSR count). The number of carbonyl (C=O) groups is 1. The van der Waals surface area contributed by atoms with Gasteiger partial charge >= 0.3 is 5.97 Å². The van der Waals surface area contributed by atoms with E-state index in [1.165, 1.54) is 0 Å². The summed E-state index contributed by atoms with van der Waals surface area (Å²) in [7, 11) is 0. The van der Waals surface area contributed by atoms with Crippen molar-refractivity contribution in [3.8, 4) is 0 Å². The van der Waals surface area contributed by atoms with Gasteiger partial charge in [-0.2, -0.15) is 0 Å². The molecule has 1 N–H and O–H groups in total. The van der Waals surface area contributed by atoms with E-state index in [0.29, 0.717) is 17.9 Å². The van der Waals surface area contributed by atoms with Gasteiger partial charge in [0.1, 0.15) is 11.6 Å². The van der Waals surface area contributed by atoms with Crippen LogP contribution in [0.5, 0.6) is 0 Å². The third-order valence-corrected chi connectivity index (χ3v) is 2.44. The molecule has 2 aromatic rings. The molecule has 0 saturated carbocycles. The molecule has 0 fully saturated rings. The third kappa shape index (κ3) is 2.47. The first-order valence-electron chi connectivity index (χ1n) is 4.75. The van der Waals surface area contributed by atoms with E-state index < -0.39 is 5.97 Å². The van der Waals surface area contributed by atoms with E-state index in [1.54, 1.807) is 19.3 Å². The van der Waals surface area contributed by atoms with Gasteiger partial charge < -0.3 is 14.2 Å². The molecule has 0 radical (unpaired) electrons. The number of carboxylic acids is 1. The molecule has 0 aliphatic carbocycles. The summed E-state index contributed by atoms with van der Waals surface area (Å²) in [4.78, 5) is 15.0. The lowest BCUT2D eigenvalue weighted by atomic mass is 10.2. The number of aromatic carboxylic acids is 1. The summed E-state index contributed by atoms with van der Waals surface area (Å²) in [5, 5.41) is 12.4. The fourth-order valence-corrected chi connectivity index (χ4v) is 1.49. The molecular formula is C10H12ClN3O3. The predicted octanol–water partition coefficient (Wildman–Crippen LogP) is 1.66. The van der Waals surface area contributed by atoms with Crippen molar-refractivity contribution in [1.29, 1.82) is 0 Å². The van der Waals surface area contributed by atoms with Crippen molar-refractivity contribution < 1.29 is 14.4 Å². The number of rotatable bonds is 3. The maximum absolute atomic E-state index is 10.9. The zero-order chi connectivity index (χ0) is 11.7. The summed E-state index contributed by atoms with van der Waals surface area (Å²) in [6.07, 6.45) is 3.45. The van der Waals surface area contributed by atoms with Crippen LogP contribution < -0.4 is 0 Å². The van der Waals surface area contributed by atoms with E-state index in [1.807, 2.05) is 11.5 Å². The molecule has 0 bridgehead atoms. The van der Waals surface area contributed by atoms with Gasteiger partial charge in [-0.15, -0.1) is 12.4 Å². The molecular weight excluding hydrogens is 246 g/mol. The highest BCUT2D eigenvalue weighted by Gasteiger charge is 2.19. The zero-order valence-corrected chi connectivity index (χ0v) is 10.2. The van der Waals surface area contributed by atoms with E-state index in [9.17, 15) is 4.79 Å². The first-order chi connectivity index (χ1) is 7.59. The van der Waals surface area contributed by atoms with Crippen LogP contribution in [0, 0.1) is 13.8 Å². The van der Waals surface area contributed by atoms with Gasteiger partial charge in [-0.05, 0) is 13.8 Å². The smallest absolute Gasteiger partial charge is 0.358 e. The van der Waals surface area contributed by atoms with Crippen molar-refractivity contribution in [2.75, 3.05) is 0 Å². The molecule has 7 heteroatoms. The van der Waals surface area contributed by atoms with Crippen molar-refractivity contribution in [2.45, 2.75) is 20.4 Å². The second kappa shape index (κ2) is 5.01. The normalized spacial score (nSPS) is 10.0. The van der Waals surface area contributed by atoms with Crippen LogP contribution in [0.3, 0.4) is 0 Å². The Morgan fingerprint density at radius 2 is 2.24 bits per heavy atom. The van der Waals surface area contributed by atoms with E-state index in [4.69, 9.17) is 9.63 Å². The number of hydrogen-bond donors (Lipinski definition) is 1. The van der Waals surface area contributed by atoms with Crippen LogP contribution in [0.15, 0.2) is 16.9 Å². The molecule has 0 amide bonds. The van der Waals surface area contributed by atoms with Crippen LogP contribution in [0.2, 0.25) is 0 Å². The Hall–Kier alpha value is -1.82. The second-order valence-electron chi connectivity index (χ2n) is 3.47. The summed E-state index contributed by atoms with van der Waals surface area (Å²) in [5.41, 5.74) is 0.541. The average Bonchev–Trinajstić information content (AvgIpc) is 2.76. The van der Waals surface area contributed by atoms with Gasteiger partial charge in [0.15, 0.2) is 5.69 Å². The van der Waals surface area contributed by atoms with Gasteiger partial charge in [0.2, 0.25) is 0 Å². The fraction of sp³-hybridized carbons (Fsp3) is 0.300. The van der Waals surface area contributed by atoms with Gasteiger partial charge in [0.05, 0.1) is 6.54 Å². The van der Waals surface area contributed by atoms with E-state index in [2.05, 4.69) is 10.1 Å². The van der Waals surface area contributed by atoms with Gasteiger partial charge in [0, 0.05) is 18.0 Å². The molecule has 0 aromatic carbocycles. The average molecular weight is 258 g/mol. The Bertz CT molecular complexity index is 533. The minimum atomic E-state index is -1.08. The molecule has 0 atom stereocenters. The Morgan fingerprint density at radius 1 is 1.53 bits per heavy atom. The summed E-state index contributed by atoms with van der Waals surface area (Å²) in [6, 6.07) is 0. The molecule has 0 spiro atoms. The molecule has 2 aromatic heterocycles. The van der Waals surface area contributed by atoms with E-state index in [-0.39, 0.29) is 18.1 Å². The maximum Gasteiger partial charge on any atom is 0.358 e. The van der Waals surface area contributed by atoms with Gasteiger partial charge in [-0.3, -0.25) is 0 Å². The lowest BCUT2D eigenvalue weighted by molar-refractivity contribution is 0.0684. The summed E-state index contributed by atoms with van der Waals surface area (Å²) in [5.74, 6) is 0.257. The quantitative estimate of drug-likeness (QED) is 0.904. The Morgan fingerprint density at radius 3 is 2.76 bits per heavy atom. The predicted molar refractivity (Wildman–Crippen MR) is 61.5 cm³/mol. The molecule has 92 valence electrons. The number of aromatic nitrogens is 3. The van der Waals surface area contributed by atoms with Crippen molar-refractivity contribution >= 4 is 18.4 Å². The fourth-order valence-electron chi connectivity index (χ4n) is 1.49. The number of carboxylic acid groups (broad SMARTS) is 1. The second-order valence-corrected chi connectivity index (χ2v) is 3.47. The Balaban J connectivity index is 0.00000144. The minimum absolute atomic E-state index is 0. The topological polar surface area (TPSA) is 81.1 Å². The van der Waals surface area contributed by atoms with Crippen molar-refractivity contribution in [3.05, 3.63) is 35.2 Å². The Labute approximate surface area is 104 Å². The van der Waals surface area contributed by atoms with Crippen LogP contribution >= 0.6 is 12.4 Å². The SMILES string of the molecule is Cc1onc(C(=O)O)c1Cn1ccnc1C.Cl. The number of aryl methyl sites for hydroxylation is 2. The van der Waals surface area contributed by atoms with Crippen LogP contribution in [0.25, 0.3) is 0 Å². The van der Waals surface area contributed by atoms with E-state index in [0.717, 1.165) is 5.82 Å². The molecule has 0 aliphatic rings. The van der Waals surface area contributed by atoms with E-state index >= 15 is 0 Å². The van der Waals surface area contributed by atoms with Gasteiger partial charge in [0.25, 0.3) is 0 Å². The van der Waals surface area contributed by atoms with Gasteiger partial charge in [-0.25, -0.2) is 9.78 Å². The first-order valence-corrected chi connectivity index (χ1v) is 4.75. The van der Waals surface area contributed by atoms with Crippen molar-refractivity contribution in [2.24, 2.45) is 0 Å². The third-order valence-electron chi connectivity index (χ3n) is 2.44. The Kier molecular flexibility index (Phi) is 3.90. The van der Waals surface area contributed by atoms with Crippen LogP contribution in [-0.4, -0.2) is 25.8 Å². The highest BCUT2D eigenvalue weighted by Crippen LogP contribution is 2.15. The highest BCUT2D eigenvalue weighted by molar-refractivity contribution is 5.87. The summed E-state index contributed by atoms with van der Waals surface area (Å²) >= 11 is 0. The van der Waals surface area contributed by atoms with Crippen molar-refractivity contribution in [3.63, 3.8) is 0 Å². The van der Waals surface area contributed by atoms with Crippen LogP contribution in [0.1, 0.15) is 27.6 Å². The monoisotopic (exact) mass is 257 g/mol. The molecule has 17 heavy (non-hydrogen) atoms.